The van der Waals surface area contributed by atoms with Crippen LogP contribution in [0.3, 0.4) is 0 Å². The van der Waals surface area contributed by atoms with E-state index in [0.29, 0.717) is 44.2 Å². The number of anilines is 1. The molecular weight excluding hydrogens is 374 g/mol. The number of carboxylic acid groups (broad SMARTS) is 1. The van der Waals surface area contributed by atoms with E-state index in [4.69, 9.17) is 4.74 Å². The number of ether oxygens (including phenoxy) is 1. The number of carbonyl (C=O) groups excluding carboxylic acids is 1. The van der Waals surface area contributed by atoms with Crippen molar-refractivity contribution in [1.29, 1.82) is 0 Å². The number of aromatic nitrogens is 3. The Hall–Kier alpha value is -3.10. The molecule has 1 aliphatic heterocycles. The Kier molecular flexibility index (Phi) is 6.05. The van der Waals surface area contributed by atoms with Crippen LogP contribution in [0.5, 0.6) is 0 Å². The van der Waals surface area contributed by atoms with Gasteiger partial charge in [0.1, 0.15) is 5.60 Å². The molecule has 9 heteroatoms. The van der Waals surface area contributed by atoms with Crippen molar-refractivity contribution in [3.63, 3.8) is 0 Å². The fourth-order valence-electron chi connectivity index (χ4n) is 3.19. The van der Waals surface area contributed by atoms with Crippen LogP contribution in [-0.2, 0) is 22.5 Å². The third kappa shape index (κ3) is 5.46. The van der Waals surface area contributed by atoms with Crippen molar-refractivity contribution in [3.05, 3.63) is 41.6 Å². The summed E-state index contributed by atoms with van der Waals surface area (Å²) in [5.41, 5.74) is 1.04. The zero-order chi connectivity index (χ0) is 21.0. The van der Waals surface area contributed by atoms with E-state index in [1.54, 1.807) is 9.58 Å². The second-order valence-electron chi connectivity index (χ2n) is 8.03. The van der Waals surface area contributed by atoms with Gasteiger partial charge in [-0.05, 0) is 26.3 Å². The summed E-state index contributed by atoms with van der Waals surface area (Å²) in [4.78, 5) is 27.3. The van der Waals surface area contributed by atoms with E-state index in [1.165, 1.54) is 0 Å². The molecule has 1 fully saturated rings. The van der Waals surface area contributed by atoms with E-state index in [-0.39, 0.29) is 12.5 Å². The van der Waals surface area contributed by atoms with Gasteiger partial charge in [-0.3, -0.25) is 4.79 Å². The molecule has 0 atom stereocenters. The molecule has 9 nitrogen and oxygen atoms in total. The number of aliphatic carboxylic acids is 1. The summed E-state index contributed by atoms with van der Waals surface area (Å²) in [7, 11) is 0. The van der Waals surface area contributed by atoms with E-state index in [2.05, 4.69) is 10.3 Å². The first kappa shape index (κ1) is 20.6. The van der Waals surface area contributed by atoms with Gasteiger partial charge < -0.3 is 19.6 Å². The molecule has 2 heterocycles. The van der Waals surface area contributed by atoms with Crippen LogP contribution < -0.4 is 4.90 Å². The molecule has 0 radical (unpaired) electrons. The number of piperazine rings is 1. The topological polar surface area (TPSA) is 101 Å². The maximum absolute atomic E-state index is 12.3. The molecule has 0 unspecified atom stereocenters. The SMILES string of the molecule is CC(C)(C)OC(=O)N1CCN(c2nnn(Cc3ccccc3)c2CC(=O)O)CC1. The van der Waals surface area contributed by atoms with Crippen molar-refractivity contribution in [3.8, 4) is 0 Å². The maximum atomic E-state index is 12.3. The summed E-state index contributed by atoms with van der Waals surface area (Å²) in [6.07, 6.45) is -0.503. The third-order valence-corrected chi connectivity index (χ3v) is 4.54. The van der Waals surface area contributed by atoms with Gasteiger partial charge in [-0.2, -0.15) is 0 Å². The van der Waals surface area contributed by atoms with Crippen LogP contribution >= 0.6 is 0 Å². The molecule has 1 saturated heterocycles. The van der Waals surface area contributed by atoms with Crippen molar-refractivity contribution in [2.75, 3.05) is 31.1 Å². The largest absolute Gasteiger partial charge is 0.481 e. The molecule has 1 N–H and O–H groups in total. The minimum Gasteiger partial charge on any atom is -0.481 e. The van der Waals surface area contributed by atoms with Gasteiger partial charge in [0, 0.05) is 26.2 Å². The van der Waals surface area contributed by atoms with Gasteiger partial charge in [-0.25, -0.2) is 9.48 Å². The van der Waals surface area contributed by atoms with E-state index in [9.17, 15) is 14.7 Å². The lowest BCUT2D eigenvalue weighted by molar-refractivity contribution is -0.136. The van der Waals surface area contributed by atoms with Crippen molar-refractivity contribution in [1.82, 2.24) is 19.9 Å². The number of nitrogens with zero attached hydrogens (tertiary/aromatic N) is 5. The molecule has 3 rings (SSSR count). The predicted molar refractivity (Wildman–Crippen MR) is 107 cm³/mol. The predicted octanol–water partition coefficient (Wildman–Crippen LogP) is 2.01. The summed E-state index contributed by atoms with van der Waals surface area (Å²) in [5.74, 6) is -0.373. The summed E-state index contributed by atoms with van der Waals surface area (Å²) < 4.78 is 7.06. The van der Waals surface area contributed by atoms with Gasteiger partial charge in [-0.15, -0.1) is 5.10 Å². The van der Waals surface area contributed by atoms with E-state index >= 15 is 0 Å². The molecule has 1 aromatic carbocycles. The van der Waals surface area contributed by atoms with Crippen molar-refractivity contribution in [2.45, 2.75) is 39.3 Å². The van der Waals surface area contributed by atoms with Crippen LogP contribution in [0.15, 0.2) is 30.3 Å². The minimum atomic E-state index is -0.935. The molecule has 2 aromatic rings. The van der Waals surface area contributed by atoms with Gasteiger partial charge in [0.2, 0.25) is 0 Å². The Bertz CT molecular complexity index is 852. The highest BCUT2D eigenvalue weighted by molar-refractivity contribution is 5.72. The minimum absolute atomic E-state index is 0.165. The number of amides is 1. The zero-order valence-corrected chi connectivity index (χ0v) is 17.0. The zero-order valence-electron chi connectivity index (χ0n) is 17.0. The Morgan fingerprint density at radius 1 is 1.10 bits per heavy atom. The van der Waals surface area contributed by atoms with Crippen LogP contribution in [0, 0.1) is 0 Å². The Labute approximate surface area is 169 Å². The maximum Gasteiger partial charge on any atom is 0.410 e. The standard InChI is InChI=1S/C20H27N5O4/c1-20(2,3)29-19(28)24-11-9-23(10-12-24)18-16(13-17(26)27)25(22-21-18)14-15-7-5-4-6-8-15/h4-8H,9-14H2,1-3H3,(H,26,27). The number of hydrogen-bond acceptors (Lipinski definition) is 6. The fourth-order valence-corrected chi connectivity index (χ4v) is 3.19. The molecule has 0 spiro atoms. The van der Waals surface area contributed by atoms with Gasteiger partial charge in [0.25, 0.3) is 0 Å². The number of rotatable bonds is 5. The molecular formula is C20H27N5O4. The summed E-state index contributed by atoms with van der Waals surface area (Å²) in [6, 6.07) is 9.72. The average molecular weight is 401 g/mol. The molecule has 1 amide bonds. The van der Waals surface area contributed by atoms with Gasteiger partial charge in [0.05, 0.1) is 18.7 Å². The lowest BCUT2D eigenvalue weighted by Crippen LogP contribution is -2.50. The van der Waals surface area contributed by atoms with E-state index < -0.39 is 11.6 Å². The van der Waals surface area contributed by atoms with Gasteiger partial charge in [-0.1, -0.05) is 35.5 Å². The highest BCUT2D eigenvalue weighted by Crippen LogP contribution is 2.21. The molecule has 29 heavy (non-hydrogen) atoms. The lowest BCUT2D eigenvalue weighted by atomic mass is 10.2. The first-order chi connectivity index (χ1) is 13.7. The Morgan fingerprint density at radius 2 is 1.76 bits per heavy atom. The van der Waals surface area contributed by atoms with E-state index in [0.717, 1.165) is 5.56 Å². The van der Waals surface area contributed by atoms with Crippen LogP contribution in [0.1, 0.15) is 32.0 Å². The van der Waals surface area contributed by atoms with Crippen molar-refractivity contribution < 1.29 is 19.4 Å². The number of benzene rings is 1. The van der Waals surface area contributed by atoms with Crippen LogP contribution in [0.25, 0.3) is 0 Å². The lowest BCUT2D eigenvalue weighted by Gasteiger charge is -2.35. The highest BCUT2D eigenvalue weighted by atomic mass is 16.6. The van der Waals surface area contributed by atoms with Crippen LogP contribution in [-0.4, -0.2) is 68.8 Å². The second kappa shape index (κ2) is 8.50. The van der Waals surface area contributed by atoms with Crippen molar-refractivity contribution >= 4 is 17.9 Å². The summed E-state index contributed by atoms with van der Waals surface area (Å²) in [5, 5.41) is 17.8. The number of carboxylic acids is 1. The molecule has 156 valence electrons. The van der Waals surface area contributed by atoms with E-state index in [1.807, 2.05) is 56.0 Å². The normalized spacial score (nSPS) is 14.7. The first-order valence-corrected chi connectivity index (χ1v) is 9.64. The number of carbonyl (C=O) groups is 2. The Morgan fingerprint density at radius 3 is 2.34 bits per heavy atom. The third-order valence-electron chi connectivity index (χ3n) is 4.54. The van der Waals surface area contributed by atoms with Gasteiger partial charge in [0.15, 0.2) is 5.82 Å². The number of hydrogen-bond donors (Lipinski definition) is 1. The molecule has 1 aliphatic rings. The molecule has 0 saturated carbocycles. The monoisotopic (exact) mass is 401 g/mol. The highest BCUT2D eigenvalue weighted by Gasteiger charge is 2.29. The molecule has 0 bridgehead atoms. The summed E-state index contributed by atoms with van der Waals surface area (Å²) >= 11 is 0. The fraction of sp³-hybridized carbons (Fsp3) is 0.500. The van der Waals surface area contributed by atoms with Crippen LogP contribution in [0.4, 0.5) is 10.6 Å². The quantitative estimate of drug-likeness (QED) is 0.818. The first-order valence-electron chi connectivity index (χ1n) is 9.64. The average Bonchev–Trinajstić information content (AvgIpc) is 3.03. The Balaban J connectivity index is 1.72. The molecule has 1 aromatic heterocycles. The smallest absolute Gasteiger partial charge is 0.410 e. The molecule has 0 aliphatic carbocycles. The second-order valence-corrected chi connectivity index (χ2v) is 8.03. The van der Waals surface area contributed by atoms with Crippen LogP contribution in [0.2, 0.25) is 0 Å². The van der Waals surface area contributed by atoms with Gasteiger partial charge >= 0.3 is 12.1 Å². The summed E-state index contributed by atoms with van der Waals surface area (Å²) in [6.45, 7) is 8.00. The van der Waals surface area contributed by atoms with Crippen molar-refractivity contribution in [2.24, 2.45) is 0 Å².